The van der Waals surface area contributed by atoms with Gasteiger partial charge < -0.3 is 26.2 Å². The second-order valence-corrected chi connectivity index (χ2v) is 9.64. The van der Waals surface area contributed by atoms with E-state index in [1.54, 1.807) is 0 Å². The first-order valence-corrected chi connectivity index (χ1v) is 12.2. The topological polar surface area (TPSA) is 169 Å². The van der Waals surface area contributed by atoms with Crippen molar-refractivity contribution >= 4 is 33.3 Å². The van der Waals surface area contributed by atoms with Gasteiger partial charge in [-0.2, -0.15) is 0 Å². The zero-order chi connectivity index (χ0) is 24.2. The van der Waals surface area contributed by atoms with E-state index in [-0.39, 0.29) is 34.3 Å². The van der Waals surface area contributed by atoms with Crippen LogP contribution in [0.3, 0.4) is 0 Å². The number of aromatic nitrogens is 2. The van der Waals surface area contributed by atoms with Crippen molar-refractivity contribution in [1.29, 1.82) is 0 Å². The van der Waals surface area contributed by atoms with Gasteiger partial charge in [-0.25, -0.2) is 23.1 Å². The SMILES string of the molecule is CCc1nc(C(N)=O)c(Nc2ccc(S(=O)(=O)NC)c(OC)c2)nc1N[C@H]1CC[C@H](O)CC1. The lowest BCUT2D eigenvalue weighted by Crippen LogP contribution is -2.29. The van der Waals surface area contributed by atoms with Gasteiger partial charge in [0, 0.05) is 17.8 Å². The number of aliphatic hydroxyl groups excluding tert-OH is 1. The van der Waals surface area contributed by atoms with Crippen LogP contribution in [-0.2, 0) is 16.4 Å². The fraction of sp³-hybridized carbons (Fsp3) is 0.476. The van der Waals surface area contributed by atoms with Crippen molar-refractivity contribution in [2.24, 2.45) is 5.73 Å². The molecule has 1 heterocycles. The minimum atomic E-state index is -3.72. The number of primary amides is 1. The van der Waals surface area contributed by atoms with Crippen LogP contribution in [-0.4, -0.2) is 55.7 Å². The molecule has 0 saturated heterocycles. The molecule has 1 aromatic heterocycles. The molecule has 6 N–H and O–H groups in total. The average molecular weight is 479 g/mol. The number of aryl methyl sites for hydroxylation is 1. The fourth-order valence-electron chi connectivity index (χ4n) is 3.72. The van der Waals surface area contributed by atoms with E-state index in [1.807, 2.05) is 6.92 Å². The molecule has 12 heteroatoms. The van der Waals surface area contributed by atoms with Gasteiger partial charge in [-0.05, 0) is 51.3 Å². The summed E-state index contributed by atoms with van der Waals surface area (Å²) >= 11 is 0. The first-order chi connectivity index (χ1) is 15.7. The number of carbonyl (C=O) groups is 1. The summed E-state index contributed by atoms with van der Waals surface area (Å²) in [6.45, 7) is 1.91. The van der Waals surface area contributed by atoms with Crippen LogP contribution in [0.1, 0.15) is 48.8 Å². The van der Waals surface area contributed by atoms with Crippen molar-refractivity contribution < 1.29 is 23.1 Å². The molecule has 1 aliphatic carbocycles. The van der Waals surface area contributed by atoms with Crippen LogP contribution in [0.15, 0.2) is 23.1 Å². The number of anilines is 3. The molecule has 3 rings (SSSR count). The number of nitrogens with zero attached hydrogens (tertiary/aromatic N) is 2. The largest absolute Gasteiger partial charge is 0.495 e. The molecule has 0 unspecified atom stereocenters. The van der Waals surface area contributed by atoms with Gasteiger partial charge in [-0.1, -0.05) is 6.92 Å². The van der Waals surface area contributed by atoms with Gasteiger partial charge in [0.25, 0.3) is 5.91 Å². The van der Waals surface area contributed by atoms with Gasteiger partial charge in [-0.3, -0.25) is 4.79 Å². The number of hydrogen-bond acceptors (Lipinski definition) is 9. The second kappa shape index (κ2) is 10.3. The maximum atomic E-state index is 12.2. The molecule has 33 heavy (non-hydrogen) atoms. The number of benzene rings is 1. The lowest BCUT2D eigenvalue weighted by Gasteiger charge is -2.27. The van der Waals surface area contributed by atoms with Gasteiger partial charge in [0.05, 0.1) is 18.9 Å². The minimum absolute atomic E-state index is 0.0255. The first kappa shape index (κ1) is 24.7. The van der Waals surface area contributed by atoms with Crippen molar-refractivity contribution in [3.8, 4) is 5.75 Å². The third-order valence-electron chi connectivity index (χ3n) is 5.56. The van der Waals surface area contributed by atoms with E-state index in [2.05, 4.69) is 25.3 Å². The third kappa shape index (κ3) is 5.70. The van der Waals surface area contributed by atoms with E-state index < -0.39 is 15.9 Å². The zero-order valence-electron chi connectivity index (χ0n) is 18.9. The van der Waals surface area contributed by atoms with Gasteiger partial charge in [0.2, 0.25) is 10.0 Å². The van der Waals surface area contributed by atoms with Gasteiger partial charge in [-0.15, -0.1) is 0 Å². The Morgan fingerprint density at radius 3 is 2.48 bits per heavy atom. The molecule has 1 aliphatic rings. The normalized spacial score (nSPS) is 18.5. The number of hydrogen-bond donors (Lipinski definition) is 5. The lowest BCUT2D eigenvalue weighted by molar-refractivity contribution is 0.0996. The van der Waals surface area contributed by atoms with Crippen LogP contribution in [0, 0.1) is 0 Å². The highest BCUT2D eigenvalue weighted by molar-refractivity contribution is 7.89. The van der Waals surface area contributed by atoms with E-state index in [0.29, 0.717) is 36.5 Å². The van der Waals surface area contributed by atoms with E-state index in [1.165, 1.54) is 32.4 Å². The Morgan fingerprint density at radius 1 is 1.21 bits per heavy atom. The van der Waals surface area contributed by atoms with Crippen molar-refractivity contribution in [2.75, 3.05) is 24.8 Å². The molecular weight excluding hydrogens is 448 g/mol. The summed E-state index contributed by atoms with van der Waals surface area (Å²) in [4.78, 5) is 21.1. The van der Waals surface area contributed by atoms with Crippen LogP contribution in [0.5, 0.6) is 5.75 Å². The summed E-state index contributed by atoms with van der Waals surface area (Å²) in [5, 5.41) is 16.2. The van der Waals surface area contributed by atoms with E-state index in [4.69, 9.17) is 10.5 Å². The summed E-state index contributed by atoms with van der Waals surface area (Å²) in [6.07, 6.45) is 3.27. The number of methoxy groups -OCH3 is 1. The molecular formula is C21H30N6O5S. The molecule has 11 nitrogen and oxygen atoms in total. The molecule has 0 bridgehead atoms. The summed E-state index contributed by atoms with van der Waals surface area (Å²) in [5.74, 6) is 0.0534. The molecule has 0 spiro atoms. The Kier molecular flexibility index (Phi) is 7.72. The summed E-state index contributed by atoms with van der Waals surface area (Å²) in [5.41, 5.74) is 6.57. The van der Waals surface area contributed by atoms with Crippen LogP contribution >= 0.6 is 0 Å². The Bertz CT molecular complexity index is 1120. The smallest absolute Gasteiger partial charge is 0.271 e. The number of nitrogens with one attached hydrogen (secondary N) is 3. The van der Waals surface area contributed by atoms with Gasteiger partial charge >= 0.3 is 0 Å². The minimum Gasteiger partial charge on any atom is -0.495 e. The van der Waals surface area contributed by atoms with E-state index >= 15 is 0 Å². The number of sulfonamides is 1. The van der Waals surface area contributed by atoms with Crippen LogP contribution < -0.4 is 25.8 Å². The standard InChI is InChI=1S/C21H30N6O5S/c1-4-15-20(24-12-5-8-14(28)9-6-12)27-21(18(26-15)19(22)29)25-13-7-10-17(16(11-13)32-3)33(30,31)23-2/h7,10-12,14,23,28H,4-6,8-9H2,1-3H3,(H2,22,29)(H2,24,25,27)/t12-,14-. The Labute approximate surface area is 193 Å². The van der Waals surface area contributed by atoms with Crippen molar-refractivity contribution in [3.63, 3.8) is 0 Å². The third-order valence-corrected chi connectivity index (χ3v) is 7.01. The van der Waals surface area contributed by atoms with Crippen LogP contribution in [0.2, 0.25) is 0 Å². The Morgan fingerprint density at radius 2 is 1.91 bits per heavy atom. The maximum Gasteiger partial charge on any atom is 0.271 e. The highest BCUT2D eigenvalue weighted by Crippen LogP contribution is 2.30. The molecule has 0 radical (unpaired) electrons. The molecule has 1 fully saturated rings. The van der Waals surface area contributed by atoms with Crippen LogP contribution in [0.4, 0.5) is 17.3 Å². The molecule has 0 aliphatic heterocycles. The summed E-state index contributed by atoms with van der Waals surface area (Å²) in [6, 6.07) is 4.53. The number of ether oxygens (including phenoxy) is 1. The molecule has 1 aromatic carbocycles. The highest BCUT2D eigenvalue weighted by atomic mass is 32.2. The predicted octanol–water partition coefficient (Wildman–Crippen LogP) is 1.51. The summed E-state index contributed by atoms with van der Waals surface area (Å²) in [7, 11) is -1.05. The van der Waals surface area contributed by atoms with Gasteiger partial charge in [0.1, 0.15) is 16.5 Å². The lowest BCUT2D eigenvalue weighted by atomic mass is 9.93. The predicted molar refractivity (Wildman–Crippen MR) is 124 cm³/mol. The number of rotatable bonds is 9. The van der Waals surface area contributed by atoms with Crippen molar-refractivity contribution in [1.82, 2.24) is 14.7 Å². The quantitative estimate of drug-likeness (QED) is 0.359. The first-order valence-electron chi connectivity index (χ1n) is 10.7. The van der Waals surface area contributed by atoms with Crippen molar-refractivity contribution in [3.05, 3.63) is 29.6 Å². The molecule has 1 saturated carbocycles. The molecule has 180 valence electrons. The molecule has 0 atom stereocenters. The number of nitrogens with two attached hydrogens (primary N) is 1. The number of aliphatic hydroxyl groups is 1. The molecule has 1 amide bonds. The monoisotopic (exact) mass is 478 g/mol. The van der Waals surface area contributed by atoms with Gasteiger partial charge in [0.15, 0.2) is 11.5 Å². The summed E-state index contributed by atoms with van der Waals surface area (Å²) < 4.78 is 31.9. The highest BCUT2D eigenvalue weighted by Gasteiger charge is 2.23. The van der Waals surface area contributed by atoms with E-state index in [9.17, 15) is 18.3 Å². The number of carbonyl (C=O) groups excluding carboxylic acids is 1. The van der Waals surface area contributed by atoms with Crippen LogP contribution in [0.25, 0.3) is 0 Å². The zero-order valence-corrected chi connectivity index (χ0v) is 19.7. The fourth-order valence-corrected chi connectivity index (χ4v) is 4.59. The second-order valence-electron chi connectivity index (χ2n) is 7.78. The average Bonchev–Trinajstić information content (AvgIpc) is 2.80. The van der Waals surface area contributed by atoms with Crippen molar-refractivity contribution in [2.45, 2.75) is 56.1 Å². The molecule has 2 aromatic rings. The Hall–Kier alpha value is -2.96. The maximum absolute atomic E-state index is 12.2. The number of amides is 1. The van der Waals surface area contributed by atoms with E-state index in [0.717, 1.165) is 12.8 Å². The Balaban J connectivity index is 1.96.